The van der Waals surface area contributed by atoms with Crippen LogP contribution in [0.4, 0.5) is 13.2 Å². The highest BCUT2D eigenvalue weighted by atomic mass is 32.2. The van der Waals surface area contributed by atoms with E-state index >= 15 is 0 Å². The molecule has 0 aliphatic carbocycles. The van der Waals surface area contributed by atoms with Crippen LogP contribution in [-0.2, 0) is 9.84 Å². The van der Waals surface area contributed by atoms with Gasteiger partial charge in [-0.05, 0) is 24.1 Å². The highest BCUT2D eigenvalue weighted by Gasteiger charge is 2.40. The van der Waals surface area contributed by atoms with Gasteiger partial charge < -0.3 is 0 Å². The normalized spacial score (nSPS) is 12.7. The quantitative estimate of drug-likeness (QED) is 0.434. The molecule has 0 radical (unpaired) electrons. The Morgan fingerprint density at radius 1 is 0.929 bits per heavy atom. The minimum Gasteiger partial charge on any atom is -0.218 e. The van der Waals surface area contributed by atoms with Gasteiger partial charge in [-0.3, -0.25) is 0 Å². The largest absolute Gasteiger partial charge is 0.425 e. The van der Waals surface area contributed by atoms with Gasteiger partial charge in [0.1, 0.15) is 5.57 Å². The van der Waals surface area contributed by atoms with Crippen molar-refractivity contribution < 1.29 is 21.6 Å². The molecule has 0 saturated heterocycles. The van der Waals surface area contributed by atoms with Crippen molar-refractivity contribution >= 4 is 14.7 Å². The number of benzene rings is 2. The maximum absolute atomic E-state index is 13.9. The summed E-state index contributed by atoms with van der Waals surface area (Å²) in [6.07, 6.45) is -2.18. The summed E-state index contributed by atoms with van der Waals surface area (Å²) >= 11 is 0. The van der Waals surface area contributed by atoms with Gasteiger partial charge in [0.25, 0.3) is 0 Å². The van der Waals surface area contributed by atoms with E-state index in [1.807, 2.05) is 6.92 Å². The number of halogens is 3. The second kappa shape index (κ2) is 9.61. The van der Waals surface area contributed by atoms with Crippen LogP contribution in [0, 0.1) is 11.8 Å². The minimum atomic E-state index is -4.90. The van der Waals surface area contributed by atoms with Gasteiger partial charge in [-0.2, -0.15) is 13.2 Å². The predicted molar refractivity (Wildman–Crippen MR) is 105 cm³/mol. The Balaban J connectivity index is 2.73. The van der Waals surface area contributed by atoms with Gasteiger partial charge in [0.2, 0.25) is 9.84 Å². The molecule has 0 aromatic heterocycles. The molecule has 0 unspecified atom stereocenters. The molecule has 2 nitrogen and oxygen atoms in total. The van der Waals surface area contributed by atoms with Gasteiger partial charge in [-0.15, -0.1) is 0 Å². The lowest BCUT2D eigenvalue weighted by Crippen LogP contribution is -2.17. The van der Waals surface area contributed by atoms with E-state index in [1.165, 1.54) is 48.5 Å². The summed E-state index contributed by atoms with van der Waals surface area (Å²) in [5.41, 5.74) is -1.37. The first-order valence-corrected chi connectivity index (χ1v) is 10.4. The van der Waals surface area contributed by atoms with E-state index in [0.717, 1.165) is 12.8 Å². The maximum atomic E-state index is 13.9. The molecule has 0 amide bonds. The van der Waals surface area contributed by atoms with Crippen molar-refractivity contribution in [2.24, 2.45) is 0 Å². The van der Waals surface area contributed by atoms with E-state index < -0.39 is 26.5 Å². The van der Waals surface area contributed by atoms with Crippen molar-refractivity contribution in [1.29, 1.82) is 0 Å². The standard InChI is InChI=1S/C22H21F3O2S/c1-2-3-4-5-12-17-20(22(23,24)25)21(18-13-8-6-9-14-18)28(26,27)19-15-10-7-11-16-19/h6-11,13-16H,2-5H2,1H3/b21-20-. The lowest BCUT2D eigenvalue weighted by Gasteiger charge is -2.15. The molecule has 0 heterocycles. The van der Waals surface area contributed by atoms with Gasteiger partial charge >= 0.3 is 6.18 Å². The van der Waals surface area contributed by atoms with Gasteiger partial charge in [0.05, 0.1) is 9.80 Å². The van der Waals surface area contributed by atoms with Crippen LogP contribution >= 0.6 is 0 Å². The van der Waals surface area contributed by atoms with Crippen LogP contribution in [0.5, 0.6) is 0 Å². The molecule has 2 aromatic rings. The molecule has 0 fully saturated rings. The zero-order valence-corrected chi connectivity index (χ0v) is 16.3. The third-order valence-corrected chi connectivity index (χ3v) is 5.86. The van der Waals surface area contributed by atoms with Crippen LogP contribution in [0.2, 0.25) is 0 Å². The summed E-state index contributed by atoms with van der Waals surface area (Å²) in [4.78, 5) is -1.02. The molecule has 2 aromatic carbocycles. The molecule has 0 N–H and O–H groups in total. The van der Waals surface area contributed by atoms with E-state index in [9.17, 15) is 21.6 Å². The molecule has 0 aliphatic heterocycles. The average Bonchev–Trinajstić information content (AvgIpc) is 2.67. The van der Waals surface area contributed by atoms with Crippen molar-refractivity contribution in [3.8, 4) is 11.8 Å². The number of sulfone groups is 1. The minimum absolute atomic E-state index is 0.0402. The van der Waals surface area contributed by atoms with Crippen LogP contribution in [0.1, 0.15) is 38.2 Å². The summed E-state index contributed by atoms with van der Waals surface area (Å²) in [6.45, 7) is 1.98. The Morgan fingerprint density at radius 2 is 1.50 bits per heavy atom. The lowest BCUT2D eigenvalue weighted by molar-refractivity contribution is -0.0864. The fraction of sp³-hybridized carbons (Fsp3) is 0.273. The number of alkyl halides is 3. The smallest absolute Gasteiger partial charge is 0.218 e. The number of allylic oxidation sites excluding steroid dienone is 1. The summed E-state index contributed by atoms with van der Waals surface area (Å²) in [7, 11) is -4.43. The Labute approximate surface area is 164 Å². The van der Waals surface area contributed by atoms with Crippen LogP contribution in [0.25, 0.3) is 4.91 Å². The van der Waals surface area contributed by atoms with E-state index in [-0.39, 0.29) is 16.9 Å². The fourth-order valence-corrected chi connectivity index (χ4v) is 4.24. The Morgan fingerprint density at radius 3 is 2.04 bits per heavy atom. The molecule has 148 valence electrons. The first-order chi connectivity index (χ1) is 13.3. The number of hydrogen-bond donors (Lipinski definition) is 0. The van der Waals surface area contributed by atoms with Crippen LogP contribution in [0.3, 0.4) is 0 Å². The number of unbranched alkanes of at least 4 members (excludes halogenated alkanes) is 3. The highest BCUT2D eigenvalue weighted by molar-refractivity contribution is 8.00. The lowest BCUT2D eigenvalue weighted by atomic mass is 10.1. The summed E-state index contributed by atoms with van der Waals surface area (Å²) < 4.78 is 67.8. The second-order valence-electron chi connectivity index (χ2n) is 6.14. The maximum Gasteiger partial charge on any atom is 0.425 e. The zero-order chi connectivity index (χ0) is 20.6. The molecule has 0 spiro atoms. The third kappa shape index (κ3) is 5.49. The summed E-state index contributed by atoms with van der Waals surface area (Å²) in [5, 5.41) is 0. The Bertz CT molecular complexity index is 965. The van der Waals surface area contributed by atoms with Gasteiger partial charge in [0.15, 0.2) is 0 Å². The van der Waals surface area contributed by atoms with Crippen LogP contribution < -0.4 is 0 Å². The highest BCUT2D eigenvalue weighted by Crippen LogP contribution is 2.38. The van der Waals surface area contributed by atoms with Gasteiger partial charge in [-0.25, -0.2) is 8.42 Å². The monoisotopic (exact) mass is 406 g/mol. The Hall–Kier alpha value is -2.52. The molecule has 0 aliphatic rings. The van der Waals surface area contributed by atoms with Crippen molar-refractivity contribution in [3.63, 3.8) is 0 Å². The summed E-state index contributed by atoms with van der Waals surface area (Å²) in [6, 6.07) is 14.4. The van der Waals surface area contributed by atoms with E-state index in [4.69, 9.17) is 0 Å². The molecule has 0 bridgehead atoms. The van der Waals surface area contributed by atoms with Crippen molar-refractivity contribution in [2.75, 3.05) is 0 Å². The average molecular weight is 406 g/mol. The third-order valence-electron chi connectivity index (χ3n) is 3.99. The molecule has 6 heteroatoms. The van der Waals surface area contributed by atoms with Crippen LogP contribution in [-0.4, -0.2) is 14.6 Å². The zero-order valence-electron chi connectivity index (χ0n) is 15.5. The molecule has 2 rings (SSSR count). The van der Waals surface area contributed by atoms with Crippen molar-refractivity contribution in [1.82, 2.24) is 0 Å². The number of hydrogen-bond acceptors (Lipinski definition) is 2. The van der Waals surface area contributed by atoms with Gasteiger partial charge in [-0.1, -0.05) is 80.1 Å². The van der Waals surface area contributed by atoms with E-state index in [1.54, 1.807) is 12.1 Å². The topological polar surface area (TPSA) is 34.1 Å². The van der Waals surface area contributed by atoms with E-state index in [0.29, 0.717) is 6.42 Å². The number of rotatable bonds is 6. The first-order valence-electron chi connectivity index (χ1n) is 8.94. The van der Waals surface area contributed by atoms with E-state index in [2.05, 4.69) is 11.8 Å². The summed E-state index contributed by atoms with van der Waals surface area (Å²) in [5.74, 6) is 4.63. The SMILES string of the molecule is CCCCCC#C/C(=C(\c1ccccc1)S(=O)(=O)c1ccccc1)C(F)(F)F. The van der Waals surface area contributed by atoms with Crippen molar-refractivity contribution in [3.05, 3.63) is 71.8 Å². The second-order valence-corrected chi connectivity index (χ2v) is 8.03. The van der Waals surface area contributed by atoms with Crippen LogP contribution in [0.15, 0.2) is 71.1 Å². The predicted octanol–water partition coefficient (Wildman–Crippen LogP) is 6.02. The fourth-order valence-electron chi connectivity index (χ4n) is 2.61. The molecule has 28 heavy (non-hydrogen) atoms. The first kappa shape index (κ1) is 21.8. The molecular weight excluding hydrogens is 385 g/mol. The molecule has 0 saturated carbocycles. The van der Waals surface area contributed by atoms with Gasteiger partial charge in [0, 0.05) is 6.42 Å². The van der Waals surface area contributed by atoms with Crippen molar-refractivity contribution in [2.45, 2.75) is 43.7 Å². The Kier molecular flexibility index (Phi) is 7.47. The molecular formula is C22H21F3O2S. The molecule has 0 atom stereocenters.